The van der Waals surface area contributed by atoms with Gasteiger partial charge in [-0.25, -0.2) is 0 Å². The summed E-state index contributed by atoms with van der Waals surface area (Å²) in [5.74, 6) is 0.0619. The summed E-state index contributed by atoms with van der Waals surface area (Å²) in [5.41, 5.74) is -0.0903. The molecule has 1 aromatic rings. The molecule has 18 heavy (non-hydrogen) atoms. The molecule has 1 heterocycles. The largest absolute Gasteiger partial charge is 0.367 e. The van der Waals surface area contributed by atoms with Gasteiger partial charge in [0.15, 0.2) is 0 Å². The zero-order chi connectivity index (χ0) is 13.0. The number of ether oxygens (including phenoxy) is 1. The van der Waals surface area contributed by atoms with Gasteiger partial charge in [0.05, 0.1) is 0 Å². The highest BCUT2D eigenvalue weighted by atomic mass is 16.5. The first-order chi connectivity index (χ1) is 8.68. The molecule has 4 nitrogen and oxygen atoms in total. The second-order valence-electron chi connectivity index (χ2n) is 5.05. The lowest BCUT2D eigenvalue weighted by Gasteiger charge is -2.30. The summed E-state index contributed by atoms with van der Waals surface area (Å²) >= 11 is 0. The number of hydrogen-bond donors (Lipinski definition) is 0. The molecule has 1 aromatic heterocycles. The Labute approximate surface area is 108 Å². The van der Waals surface area contributed by atoms with Gasteiger partial charge in [-0.3, -0.25) is 9.48 Å². The molecule has 1 fully saturated rings. The molecule has 0 radical (unpaired) electrons. The van der Waals surface area contributed by atoms with Crippen molar-refractivity contribution in [1.29, 1.82) is 0 Å². The molecule has 0 aliphatic heterocycles. The predicted octanol–water partition coefficient (Wildman–Crippen LogP) is 2.73. The fourth-order valence-corrected chi connectivity index (χ4v) is 2.78. The molecule has 4 heteroatoms. The average Bonchev–Trinajstić information content (AvgIpc) is 2.64. The van der Waals surface area contributed by atoms with Crippen LogP contribution in [0.15, 0.2) is 12.3 Å². The Morgan fingerprint density at radius 1 is 1.39 bits per heavy atom. The molecule has 1 aliphatic carbocycles. The maximum absolute atomic E-state index is 12.7. The van der Waals surface area contributed by atoms with Gasteiger partial charge < -0.3 is 4.74 Å². The molecule has 1 saturated carbocycles. The molecule has 0 aromatic carbocycles. The van der Waals surface area contributed by atoms with Gasteiger partial charge in [0, 0.05) is 19.9 Å². The molecule has 0 bridgehead atoms. The van der Waals surface area contributed by atoms with E-state index in [1.807, 2.05) is 20.2 Å². The topological polar surface area (TPSA) is 44.1 Å². The average molecular weight is 250 g/mol. The van der Waals surface area contributed by atoms with Crippen LogP contribution in [0, 0.1) is 0 Å². The van der Waals surface area contributed by atoms with Crippen LogP contribution in [0.1, 0.15) is 55.9 Å². The molecule has 0 amide bonds. The van der Waals surface area contributed by atoms with E-state index in [4.69, 9.17) is 4.74 Å². The zero-order valence-electron chi connectivity index (χ0n) is 11.3. The van der Waals surface area contributed by atoms with E-state index >= 15 is 0 Å². The number of carbonyl (C=O) groups is 1. The van der Waals surface area contributed by atoms with Gasteiger partial charge in [0.25, 0.3) is 0 Å². The van der Waals surface area contributed by atoms with Gasteiger partial charge in [0.2, 0.25) is 5.78 Å². The molecule has 100 valence electrons. The number of aryl methyl sites for hydroxylation is 1. The van der Waals surface area contributed by atoms with Crippen LogP contribution in [0.4, 0.5) is 0 Å². The van der Waals surface area contributed by atoms with Crippen molar-refractivity contribution in [2.75, 3.05) is 6.61 Å². The quantitative estimate of drug-likeness (QED) is 0.609. The molecule has 0 saturated heterocycles. The highest BCUT2D eigenvalue weighted by molar-refractivity contribution is 6.00. The molecule has 0 spiro atoms. The Bertz CT molecular complexity index is 404. The number of nitrogens with zero attached hydrogens (tertiary/aromatic N) is 2. The smallest absolute Gasteiger partial charge is 0.214 e. The van der Waals surface area contributed by atoms with Crippen LogP contribution in [0.25, 0.3) is 0 Å². The predicted molar refractivity (Wildman–Crippen MR) is 69.6 cm³/mol. The summed E-state index contributed by atoms with van der Waals surface area (Å²) in [5, 5.41) is 4.23. The normalized spacial score (nSPS) is 19.4. The lowest BCUT2D eigenvalue weighted by Crippen LogP contribution is -2.41. The Kier molecular flexibility index (Phi) is 4.17. The van der Waals surface area contributed by atoms with Gasteiger partial charge >= 0.3 is 0 Å². The first-order valence-corrected chi connectivity index (χ1v) is 6.86. The molecule has 2 rings (SSSR count). The number of rotatable bonds is 4. The van der Waals surface area contributed by atoms with Gasteiger partial charge in [-0.2, -0.15) is 5.10 Å². The molecular formula is C14H22N2O2. The molecule has 0 N–H and O–H groups in total. The second kappa shape index (κ2) is 5.65. The summed E-state index contributed by atoms with van der Waals surface area (Å²) in [6.45, 7) is 2.54. The van der Waals surface area contributed by atoms with E-state index in [9.17, 15) is 4.79 Å². The van der Waals surface area contributed by atoms with Gasteiger partial charge in [-0.05, 0) is 25.8 Å². The fraction of sp³-hybridized carbons (Fsp3) is 0.714. The summed E-state index contributed by atoms with van der Waals surface area (Å²) in [6, 6.07) is 1.79. The van der Waals surface area contributed by atoms with Crippen molar-refractivity contribution in [2.45, 2.75) is 51.0 Å². The standard InChI is InChI=1S/C14H22N2O2/c1-3-18-14(9-6-4-5-7-10-14)13(17)12-8-11-16(2)15-12/h8,11H,3-7,9-10H2,1-2H3. The first-order valence-electron chi connectivity index (χ1n) is 6.86. The van der Waals surface area contributed by atoms with Crippen LogP contribution in [-0.2, 0) is 11.8 Å². The SMILES string of the molecule is CCOC1(C(=O)c2ccn(C)n2)CCCCCC1. The van der Waals surface area contributed by atoms with Gasteiger partial charge in [-0.15, -0.1) is 0 Å². The third kappa shape index (κ3) is 2.64. The number of carbonyl (C=O) groups excluding carboxylic acids is 1. The second-order valence-corrected chi connectivity index (χ2v) is 5.05. The summed E-state index contributed by atoms with van der Waals surface area (Å²) < 4.78 is 7.55. The lowest BCUT2D eigenvalue weighted by molar-refractivity contribution is -0.0296. The summed E-state index contributed by atoms with van der Waals surface area (Å²) in [7, 11) is 1.83. The van der Waals surface area contributed by atoms with Crippen LogP contribution >= 0.6 is 0 Å². The van der Waals surface area contributed by atoms with E-state index in [0.29, 0.717) is 12.3 Å². The Balaban J connectivity index is 2.25. The van der Waals surface area contributed by atoms with Crippen molar-refractivity contribution >= 4 is 5.78 Å². The minimum Gasteiger partial charge on any atom is -0.367 e. The molecule has 0 unspecified atom stereocenters. The van der Waals surface area contributed by atoms with Crippen LogP contribution in [0.5, 0.6) is 0 Å². The minimum atomic E-state index is -0.625. The highest BCUT2D eigenvalue weighted by Crippen LogP contribution is 2.33. The number of ketones is 1. The maximum atomic E-state index is 12.7. The van der Waals surface area contributed by atoms with E-state index in [2.05, 4.69) is 5.10 Å². The minimum absolute atomic E-state index is 0.0619. The molecule has 1 aliphatic rings. The summed E-state index contributed by atoms with van der Waals surface area (Å²) in [6.07, 6.45) is 8.00. The number of aromatic nitrogens is 2. The van der Waals surface area contributed by atoms with Crippen molar-refractivity contribution in [3.8, 4) is 0 Å². The summed E-state index contributed by atoms with van der Waals surface area (Å²) in [4.78, 5) is 12.7. The Morgan fingerprint density at radius 3 is 2.56 bits per heavy atom. The Hall–Kier alpha value is -1.16. The van der Waals surface area contributed by atoms with Crippen LogP contribution in [0.2, 0.25) is 0 Å². The maximum Gasteiger partial charge on any atom is 0.214 e. The van der Waals surface area contributed by atoms with Gasteiger partial charge in [0.1, 0.15) is 11.3 Å². The van der Waals surface area contributed by atoms with Crippen molar-refractivity contribution in [2.24, 2.45) is 7.05 Å². The van der Waals surface area contributed by atoms with Crippen molar-refractivity contribution in [3.63, 3.8) is 0 Å². The third-order valence-corrected chi connectivity index (χ3v) is 3.69. The van der Waals surface area contributed by atoms with E-state index in [1.54, 1.807) is 10.7 Å². The van der Waals surface area contributed by atoms with Crippen LogP contribution < -0.4 is 0 Å². The third-order valence-electron chi connectivity index (χ3n) is 3.69. The van der Waals surface area contributed by atoms with Crippen LogP contribution in [-0.4, -0.2) is 27.8 Å². The molecular weight excluding hydrogens is 228 g/mol. The fourth-order valence-electron chi connectivity index (χ4n) is 2.78. The number of Topliss-reactive ketones (excluding diaryl/α,β-unsaturated/α-hetero) is 1. The van der Waals surface area contributed by atoms with Crippen molar-refractivity contribution in [3.05, 3.63) is 18.0 Å². The van der Waals surface area contributed by atoms with E-state index in [-0.39, 0.29) is 5.78 Å². The van der Waals surface area contributed by atoms with Crippen LogP contribution in [0.3, 0.4) is 0 Å². The van der Waals surface area contributed by atoms with Crippen molar-refractivity contribution in [1.82, 2.24) is 9.78 Å². The Morgan fingerprint density at radius 2 is 2.06 bits per heavy atom. The monoisotopic (exact) mass is 250 g/mol. The van der Waals surface area contributed by atoms with Gasteiger partial charge in [-0.1, -0.05) is 25.7 Å². The number of hydrogen-bond acceptors (Lipinski definition) is 3. The zero-order valence-corrected chi connectivity index (χ0v) is 11.3. The lowest BCUT2D eigenvalue weighted by atomic mass is 9.87. The van der Waals surface area contributed by atoms with E-state index in [0.717, 1.165) is 25.7 Å². The molecule has 0 atom stereocenters. The first kappa shape index (κ1) is 13.3. The van der Waals surface area contributed by atoms with E-state index in [1.165, 1.54) is 12.8 Å². The van der Waals surface area contributed by atoms with Crippen molar-refractivity contribution < 1.29 is 9.53 Å². The van der Waals surface area contributed by atoms with E-state index < -0.39 is 5.60 Å². The highest BCUT2D eigenvalue weighted by Gasteiger charge is 2.40.